The molecule has 1 fully saturated rings. The van der Waals surface area contributed by atoms with Gasteiger partial charge in [0.1, 0.15) is 0 Å². The van der Waals surface area contributed by atoms with Gasteiger partial charge in [0.15, 0.2) is 0 Å². The fourth-order valence-corrected chi connectivity index (χ4v) is 1.63. The molecular weight excluding hydrogens is 190 g/mol. The summed E-state index contributed by atoms with van der Waals surface area (Å²) in [6.45, 7) is 5.95. The van der Waals surface area contributed by atoms with Crippen LogP contribution in [0.2, 0.25) is 0 Å². The Morgan fingerprint density at radius 2 is 1.87 bits per heavy atom. The number of carbonyl (C=O) groups excluding carboxylic acids is 1. The van der Waals surface area contributed by atoms with Crippen LogP contribution in [0.5, 0.6) is 0 Å². The molecule has 88 valence electrons. The van der Waals surface area contributed by atoms with Gasteiger partial charge in [0.05, 0.1) is 5.54 Å². The molecule has 0 radical (unpaired) electrons. The van der Waals surface area contributed by atoms with Crippen molar-refractivity contribution in [2.45, 2.75) is 38.3 Å². The van der Waals surface area contributed by atoms with Gasteiger partial charge in [0, 0.05) is 6.04 Å². The van der Waals surface area contributed by atoms with Crippen molar-refractivity contribution in [3.8, 4) is 0 Å². The number of nitrogens with zero attached hydrogens (tertiary/aromatic N) is 1. The highest BCUT2D eigenvalue weighted by Gasteiger charge is 2.28. The Kier molecular flexibility index (Phi) is 4.11. The molecule has 0 spiro atoms. The van der Waals surface area contributed by atoms with E-state index in [4.69, 9.17) is 0 Å². The van der Waals surface area contributed by atoms with E-state index in [2.05, 4.69) is 22.6 Å². The predicted molar refractivity (Wildman–Crippen MR) is 61.8 cm³/mol. The van der Waals surface area contributed by atoms with Crippen LogP contribution in [0.4, 0.5) is 0 Å². The largest absolute Gasteiger partial charge is 0.352 e. The van der Waals surface area contributed by atoms with Gasteiger partial charge in [0.25, 0.3) is 0 Å². The lowest BCUT2D eigenvalue weighted by atomic mass is 10.0. The number of piperidine rings is 1. The van der Waals surface area contributed by atoms with E-state index < -0.39 is 5.54 Å². The summed E-state index contributed by atoms with van der Waals surface area (Å²) in [5.41, 5.74) is -0.469. The van der Waals surface area contributed by atoms with E-state index in [-0.39, 0.29) is 5.91 Å². The molecule has 1 aliphatic rings. The standard InChI is InChI=1S/C11H23N3O/c1-11(2,12-3)10(15)13-9-5-7-14(4)8-6-9/h9,12H,5-8H2,1-4H3,(H,13,15). The molecule has 0 aromatic heterocycles. The molecule has 0 bridgehead atoms. The third-order valence-electron chi connectivity index (χ3n) is 3.25. The summed E-state index contributed by atoms with van der Waals surface area (Å²) in [5, 5.41) is 6.12. The zero-order valence-electron chi connectivity index (χ0n) is 10.3. The summed E-state index contributed by atoms with van der Waals surface area (Å²) < 4.78 is 0. The van der Waals surface area contributed by atoms with E-state index in [0.717, 1.165) is 25.9 Å². The highest BCUT2D eigenvalue weighted by molar-refractivity contribution is 5.85. The first-order valence-corrected chi connectivity index (χ1v) is 5.64. The Morgan fingerprint density at radius 1 is 1.33 bits per heavy atom. The van der Waals surface area contributed by atoms with Gasteiger partial charge in [-0.1, -0.05) is 0 Å². The Balaban J connectivity index is 2.39. The summed E-state index contributed by atoms with van der Waals surface area (Å²) in [6.07, 6.45) is 2.12. The van der Waals surface area contributed by atoms with Gasteiger partial charge in [-0.05, 0) is 53.9 Å². The number of amides is 1. The lowest BCUT2D eigenvalue weighted by molar-refractivity contribution is -0.127. The molecule has 4 heteroatoms. The molecule has 0 aromatic carbocycles. The van der Waals surface area contributed by atoms with Crippen molar-refractivity contribution in [3.63, 3.8) is 0 Å². The first-order valence-electron chi connectivity index (χ1n) is 5.64. The molecule has 1 saturated heterocycles. The van der Waals surface area contributed by atoms with Crippen LogP contribution >= 0.6 is 0 Å². The van der Waals surface area contributed by atoms with Crippen molar-refractivity contribution in [1.29, 1.82) is 0 Å². The molecule has 1 aliphatic heterocycles. The summed E-state index contributed by atoms with van der Waals surface area (Å²) >= 11 is 0. The smallest absolute Gasteiger partial charge is 0.239 e. The molecule has 1 rings (SSSR count). The maximum absolute atomic E-state index is 11.9. The van der Waals surface area contributed by atoms with Crippen molar-refractivity contribution in [1.82, 2.24) is 15.5 Å². The maximum Gasteiger partial charge on any atom is 0.239 e. The topological polar surface area (TPSA) is 44.4 Å². The van der Waals surface area contributed by atoms with Crippen molar-refractivity contribution < 1.29 is 4.79 Å². The lowest BCUT2D eigenvalue weighted by Gasteiger charge is -2.32. The van der Waals surface area contributed by atoms with Crippen molar-refractivity contribution >= 4 is 5.91 Å². The number of nitrogens with one attached hydrogen (secondary N) is 2. The number of hydrogen-bond donors (Lipinski definition) is 2. The fraction of sp³-hybridized carbons (Fsp3) is 0.909. The minimum atomic E-state index is -0.469. The normalized spacial score (nSPS) is 20.3. The SMILES string of the molecule is CNC(C)(C)C(=O)NC1CCN(C)CC1. The zero-order chi connectivity index (χ0) is 11.5. The Bertz CT molecular complexity index is 220. The van der Waals surface area contributed by atoms with E-state index in [1.807, 2.05) is 20.9 Å². The minimum absolute atomic E-state index is 0.0968. The molecule has 0 unspecified atom stereocenters. The van der Waals surface area contributed by atoms with Gasteiger partial charge in [-0.3, -0.25) is 4.79 Å². The van der Waals surface area contributed by atoms with Gasteiger partial charge in [-0.25, -0.2) is 0 Å². The van der Waals surface area contributed by atoms with E-state index in [1.54, 1.807) is 0 Å². The van der Waals surface area contributed by atoms with Crippen LogP contribution in [-0.4, -0.2) is 49.6 Å². The number of likely N-dealkylation sites (N-methyl/N-ethyl adjacent to an activating group) is 1. The van der Waals surface area contributed by atoms with Gasteiger partial charge in [-0.2, -0.15) is 0 Å². The van der Waals surface area contributed by atoms with Crippen LogP contribution in [0.1, 0.15) is 26.7 Å². The molecule has 0 aromatic rings. The average Bonchev–Trinajstić information content (AvgIpc) is 2.21. The lowest BCUT2D eigenvalue weighted by Crippen LogP contribution is -2.55. The van der Waals surface area contributed by atoms with Crippen LogP contribution in [0.15, 0.2) is 0 Å². The van der Waals surface area contributed by atoms with Crippen molar-refractivity contribution in [3.05, 3.63) is 0 Å². The summed E-state index contributed by atoms with van der Waals surface area (Å²) in [5.74, 6) is 0.0968. The summed E-state index contributed by atoms with van der Waals surface area (Å²) in [6, 6.07) is 0.348. The molecular formula is C11H23N3O. The first kappa shape index (κ1) is 12.5. The van der Waals surface area contributed by atoms with Crippen molar-refractivity contribution in [2.75, 3.05) is 27.2 Å². The molecule has 15 heavy (non-hydrogen) atoms. The monoisotopic (exact) mass is 213 g/mol. The predicted octanol–water partition coefficient (Wildman–Crippen LogP) is 0.195. The molecule has 0 atom stereocenters. The minimum Gasteiger partial charge on any atom is -0.352 e. The molecule has 1 heterocycles. The quantitative estimate of drug-likeness (QED) is 0.703. The van der Waals surface area contributed by atoms with Crippen LogP contribution in [-0.2, 0) is 4.79 Å². The first-order chi connectivity index (χ1) is 6.95. The van der Waals surface area contributed by atoms with E-state index in [1.165, 1.54) is 0 Å². The van der Waals surface area contributed by atoms with E-state index >= 15 is 0 Å². The number of rotatable bonds is 3. The summed E-state index contributed by atoms with van der Waals surface area (Å²) in [7, 11) is 3.93. The van der Waals surface area contributed by atoms with E-state index in [0.29, 0.717) is 6.04 Å². The van der Waals surface area contributed by atoms with Gasteiger partial charge in [-0.15, -0.1) is 0 Å². The zero-order valence-corrected chi connectivity index (χ0v) is 10.3. The van der Waals surface area contributed by atoms with Gasteiger partial charge < -0.3 is 15.5 Å². The average molecular weight is 213 g/mol. The Hall–Kier alpha value is -0.610. The fourth-order valence-electron chi connectivity index (χ4n) is 1.63. The highest BCUT2D eigenvalue weighted by Crippen LogP contribution is 2.10. The Labute approximate surface area is 92.4 Å². The number of likely N-dealkylation sites (tertiary alicyclic amines) is 1. The molecule has 1 amide bonds. The second kappa shape index (κ2) is 4.94. The third kappa shape index (κ3) is 3.47. The third-order valence-corrected chi connectivity index (χ3v) is 3.25. The highest BCUT2D eigenvalue weighted by atomic mass is 16.2. The molecule has 0 aliphatic carbocycles. The summed E-state index contributed by atoms with van der Waals surface area (Å²) in [4.78, 5) is 14.2. The molecule has 0 saturated carbocycles. The van der Waals surface area contributed by atoms with Crippen LogP contribution in [0, 0.1) is 0 Å². The second-order valence-corrected chi connectivity index (χ2v) is 4.93. The number of carbonyl (C=O) groups is 1. The van der Waals surface area contributed by atoms with Crippen LogP contribution < -0.4 is 10.6 Å². The molecule has 2 N–H and O–H groups in total. The number of hydrogen-bond acceptors (Lipinski definition) is 3. The van der Waals surface area contributed by atoms with Crippen molar-refractivity contribution in [2.24, 2.45) is 0 Å². The van der Waals surface area contributed by atoms with Gasteiger partial charge in [0.2, 0.25) is 5.91 Å². The van der Waals surface area contributed by atoms with Crippen LogP contribution in [0.3, 0.4) is 0 Å². The maximum atomic E-state index is 11.9. The van der Waals surface area contributed by atoms with E-state index in [9.17, 15) is 4.79 Å². The second-order valence-electron chi connectivity index (χ2n) is 4.93. The molecule has 4 nitrogen and oxygen atoms in total. The van der Waals surface area contributed by atoms with Gasteiger partial charge >= 0.3 is 0 Å². The van der Waals surface area contributed by atoms with Crippen LogP contribution in [0.25, 0.3) is 0 Å². The Morgan fingerprint density at radius 3 is 2.33 bits per heavy atom.